The predicted octanol–water partition coefficient (Wildman–Crippen LogP) is 4.57. The third-order valence-electron chi connectivity index (χ3n) is 5.19. The van der Waals surface area contributed by atoms with Gasteiger partial charge in [-0.25, -0.2) is 0 Å². The van der Waals surface area contributed by atoms with Crippen molar-refractivity contribution in [3.05, 3.63) is 28.3 Å². The van der Waals surface area contributed by atoms with Crippen LogP contribution in [0.2, 0.25) is 5.02 Å². The summed E-state index contributed by atoms with van der Waals surface area (Å²) in [5.41, 5.74) is 2.75. The number of nitrogens with zero attached hydrogens (tertiary/aromatic N) is 1. The van der Waals surface area contributed by atoms with Gasteiger partial charge in [0.15, 0.2) is 0 Å². The summed E-state index contributed by atoms with van der Waals surface area (Å²) in [5, 5.41) is 3.57. The maximum atomic E-state index is 12.6. The lowest BCUT2D eigenvalue weighted by Gasteiger charge is -2.33. The van der Waals surface area contributed by atoms with E-state index in [4.69, 9.17) is 11.6 Å². The van der Waals surface area contributed by atoms with Crippen molar-refractivity contribution in [3.63, 3.8) is 0 Å². The molecule has 0 aliphatic carbocycles. The molecule has 1 aromatic carbocycles. The van der Waals surface area contributed by atoms with Gasteiger partial charge < -0.3 is 10.2 Å². The highest BCUT2D eigenvalue weighted by Gasteiger charge is 2.30. The minimum atomic E-state index is -0.0671. The van der Waals surface area contributed by atoms with Gasteiger partial charge >= 0.3 is 0 Å². The third-order valence-corrected chi connectivity index (χ3v) is 5.49. The van der Waals surface area contributed by atoms with E-state index in [-0.39, 0.29) is 23.7 Å². The van der Waals surface area contributed by atoms with Gasteiger partial charge in [-0.2, -0.15) is 0 Å². The molecule has 0 spiro atoms. The number of halogens is 1. The summed E-state index contributed by atoms with van der Waals surface area (Å²) in [6.07, 6.45) is 3.17. The zero-order chi connectivity index (χ0) is 18.6. The number of hydrogen-bond donors (Lipinski definition) is 1. The van der Waals surface area contributed by atoms with E-state index in [0.29, 0.717) is 36.6 Å². The number of nitrogens with one attached hydrogen (secondary N) is 1. The standard InChI is InChI=1S/C20H29ClN2O2/c1-5-15(6-2)20(25)23-9-7-16(8-10-23)19(24)22-18-14(4)11-13(3)12-17(18)21/h11-12,15-16H,5-10H2,1-4H3,(H,22,24). The van der Waals surface area contributed by atoms with E-state index >= 15 is 0 Å². The van der Waals surface area contributed by atoms with Gasteiger partial charge in [0.2, 0.25) is 11.8 Å². The topological polar surface area (TPSA) is 49.4 Å². The van der Waals surface area contributed by atoms with Crippen molar-refractivity contribution in [2.24, 2.45) is 11.8 Å². The van der Waals surface area contributed by atoms with E-state index in [1.54, 1.807) is 0 Å². The van der Waals surface area contributed by atoms with Crippen LogP contribution in [0.1, 0.15) is 50.7 Å². The molecule has 0 atom stereocenters. The van der Waals surface area contributed by atoms with Crippen molar-refractivity contribution in [3.8, 4) is 0 Å². The number of anilines is 1. The van der Waals surface area contributed by atoms with Crippen LogP contribution in [0, 0.1) is 25.7 Å². The molecule has 1 aliphatic heterocycles. The van der Waals surface area contributed by atoms with Crippen LogP contribution in [0.3, 0.4) is 0 Å². The molecule has 1 aromatic rings. The second-order valence-electron chi connectivity index (χ2n) is 7.04. The van der Waals surface area contributed by atoms with Crippen molar-refractivity contribution >= 4 is 29.1 Å². The molecule has 1 heterocycles. The normalized spacial score (nSPS) is 15.5. The van der Waals surface area contributed by atoms with Crippen LogP contribution in [0.4, 0.5) is 5.69 Å². The van der Waals surface area contributed by atoms with Crippen LogP contribution < -0.4 is 5.32 Å². The van der Waals surface area contributed by atoms with Gasteiger partial charge in [0.05, 0.1) is 10.7 Å². The van der Waals surface area contributed by atoms with Crippen LogP contribution in [0.5, 0.6) is 0 Å². The summed E-state index contributed by atoms with van der Waals surface area (Å²) >= 11 is 6.28. The predicted molar refractivity (Wildman–Crippen MR) is 103 cm³/mol. The zero-order valence-corrected chi connectivity index (χ0v) is 16.4. The second kappa shape index (κ2) is 8.70. The number of carbonyl (C=O) groups excluding carboxylic acids is 2. The Kier molecular flexibility index (Phi) is 6.88. The van der Waals surface area contributed by atoms with Gasteiger partial charge in [-0.1, -0.05) is 31.5 Å². The highest BCUT2D eigenvalue weighted by Crippen LogP contribution is 2.29. The van der Waals surface area contributed by atoms with Gasteiger partial charge in [-0.15, -0.1) is 0 Å². The molecule has 0 saturated carbocycles. The van der Waals surface area contributed by atoms with E-state index in [1.807, 2.05) is 30.9 Å². The van der Waals surface area contributed by atoms with E-state index in [2.05, 4.69) is 19.2 Å². The lowest BCUT2D eigenvalue weighted by atomic mass is 9.93. The maximum Gasteiger partial charge on any atom is 0.227 e. The van der Waals surface area contributed by atoms with E-state index in [9.17, 15) is 9.59 Å². The third kappa shape index (κ3) is 4.75. The highest BCUT2D eigenvalue weighted by molar-refractivity contribution is 6.34. The SMILES string of the molecule is CCC(CC)C(=O)N1CCC(C(=O)Nc2c(C)cc(C)cc2Cl)CC1. The number of benzene rings is 1. The van der Waals surface area contributed by atoms with Crippen LogP contribution in [0.25, 0.3) is 0 Å². The highest BCUT2D eigenvalue weighted by atomic mass is 35.5. The van der Waals surface area contributed by atoms with Crippen molar-refractivity contribution < 1.29 is 9.59 Å². The quantitative estimate of drug-likeness (QED) is 0.831. The first-order valence-electron chi connectivity index (χ1n) is 9.23. The Morgan fingerprint density at radius 3 is 2.32 bits per heavy atom. The second-order valence-corrected chi connectivity index (χ2v) is 7.45. The van der Waals surface area contributed by atoms with Crippen molar-refractivity contribution in [2.45, 2.75) is 53.4 Å². The molecule has 0 aromatic heterocycles. The molecular weight excluding hydrogens is 336 g/mol. The Labute approximate surface area is 155 Å². The summed E-state index contributed by atoms with van der Waals surface area (Å²) in [5.74, 6) is 0.284. The first-order chi connectivity index (χ1) is 11.9. The minimum absolute atomic E-state index is 0.00323. The van der Waals surface area contributed by atoms with Gasteiger partial charge in [0.1, 0.15) is 0 Å². The lowest BCUT2D eigenvalue weighted by molar-refractivity contribution is -0.138. The number of amides is 2. The van der Waals surface area contributed by atoms with Crippen LogP contribution in [0.15, 0.2) is 12.1 Å². The number of piperidine rings is 1. The number of likely N-dealkylation sites (tertiary alicyclic amines) is 1. The Hall–Kier alpha value is -1.55. The van der Waals surface area contributed by atoms with Crippen molar-refractivity contribution in [1.82, 2.24) is 4.90 Å². The Bertz CT molecular complexity index is 610. The molecular formula is C20H29ClN2O2. The first kappa shape index (κ1) is 19.8. The van der Waals surface area contributed by atoms with Crippen LogP contribution >= 0.6 is 11.6 Å². The molecule has 1 aliphatic rings. The fraction of sp³-hybridized carbons (Fsp3) is 0.600. The fourth-order valence-corrected chi connectivity index (χ4v) is 3.93. The zero-order valence-electron chi connectivity index (χ0n) is 15.7. The van der Waals surface area contributed by atoms with Crippen LogP contribution in [-0.4, -0.2) is 29.8 Å². The maximum absolute atomic E-state index is 12.6. The molecule has 4 nitrogen and oxygen atoms in total. The summed E-state index contributed by atoms with van der Waals surface area (Å²) in [6.45, 7) is 9.37. The smallest absolute Gasteiger partial charge is 0.227 e. The van der Waals surface area contributed by atoms with Gasteiger partial charge in [-0.3, -0.25) is 9.59 Å². The van der Waals surface area contributed by atoms with Crippen molar-refractivity contribution in [2.75, 3.05) is 18.4 Å². The molecule has 25 heavy (non-hydrogen) atoms. The summed E-state index contributed by atoms with van der Waals surface area (Å²) in [6, 6.07) is 3.87. The summed E-state index contributed by atoms with van der Waals surface area (Å²) in [4.78, 5) is 27.0. The lowest BCUT2D eigenvalue weighted by Crippen LogP contribution is -2.43. The minimum Gasteiger partial charge on any atom is -0.342 e. The van der Waals surface area contributed by atoms with E-state index in [0.717, 1.165) is 24.0 Å². The Morgan fingerprint density at radius 1 is 1.20 bits per heavy atom. The molecule has 1 N–H and O–H groups in total. The number of carbonyl (C=O) groups is 2. The van der Waals surface area contributed by atoms with E-state index < -0.39 is 0 Å². The Morgan fingerprint density at radius 2 is 1.80 bits per heavy atom. The summed E-state index contributed by atoms with van der Waals surface area (Å²) < 4.78 is 0. The average Bonchev–Trinajstić information content (AvgIpc) is 2.59. The monoisotopic (exact) mass is 364 g/mol. The van der Waals surface area contributed by atoms with Crippen molar-refractivity contribution in [1.29, 1.82) is 0 Å². The first-order valence-corrected chi connectivity index (χ1v) is 9.61. The number of rotatable bonds is 5. The number of hydrogen-bond acceptors (Lipinski definition) is 2. The van der Waals surface area contributed by atoms with Crippen LogP contribution in [-0.2, 0) is 9.59 Å². The molecule has 0 bridgehead atoms. The molecule has 138 valence electrons. The number of aryl methyl sites for hydroxylation is 2. The largest absolute Gasteiger partial charge is 0.342 e. The molecule has 5 heteroatoms. The Balaban J connectivity index is 1.95. The van der Waals surface area contributed by atoms with Gasteiger partial charge in [0.25, 0.3) is 0 Å². The molecule has 1 saturated heterocycles. The van der Waals surface area contributed by atoms with Gasteiger partial charge in [-0.05, 0) is 56.7 Å². The molecule has 2 rings (SSSR count). The average molecular weight is 365 g/mol. The fourth-order valence-electron chi connectivity index (χ4n) is 3.56. The summed E-state index contributed by atoms with van der Waals surface area (Å²) in [7, 11) is 0. The van der Waals surface area contributed by atoms with E-state index in [1.165, 1.54) is 0 Å². The molecule has 1 fully saturated rings. The molecule has 0 radical (unpaired) electrons. The molecule has 2 amide bonds. The molecule has 0 unspecified atom stereocenters. The van der Waals surface area contributed by atoms with Gasteiger partial charge in [0, 0.05) is 24.9 Å².